The van der Waals surface area contributed by atoms with Gasteiger partial charge in [0.05, 0.1) is 25.9 Å². The van der Waals surface area contributed by atoms with E-state index in [2.05, 4.69) is 32.7 Å². The van der Waals surface area contributed by atoms with E-state index in [0.29, 0.717) is 25.7 Å². The smallest absolute Gasteiger partial charge is 0.191 e. The molecule has 7 heteroatoms. The molecule has 0 amide bonds. The molecule has 0 spiro atoms. The Morgan fingerprint density at radius 2 is 1.75 bits per heavy atom. The van der Waals surface area contributed by atoms with E-state index in [4.69, 9.17) is 9.47 Å². The lowest BCUT2D eigenvalue weighted by Gasteiger charge is -2.13. The molecule has 0 radical (unpaired) electrons. The van der Waals surface area contributed by atoms with Gasteiger partial charge in [-0.15, -0.1) is 24.0 Å². The van der Waals surface area contributed by atoms with Gasteiger partial charge in [-0.2, -0.15) is 0 Å². The van der Waals surface area contributed by atoms with Crippen LogP contribution in [0.25, 0.3) is 10.8 Å². The second-order valence-electron chi connectivity index (χ2n) is 5.86. The van der Waals surface area contributed by atoms with E-state index in [1.54, 1.807) is 14.2 Å². The second-order valence-corrected chi connectivity index (χ2v) is 5.86. The Kier molecular flexibility index (Phi) is 8.80. The van der Waals surface area contributed by atoms with Crippen LogP contribution in [0.4, 0.5) is 0 Å². The van der Waals surface area contributed by atoms with Crippen LogP contribution in [0.3, 0.4) is 0 Å². The monoisotopic (exact) mass is 492 g/mol. The van der Waals surface area contributed by atoms with Gasteiger partial charge in [-0.05, 0) is 35.7 Å². The third-order valence-corrected chi connectivity index (χ3v) is 4.13. The van der Waals surface area contributed by atoms with Crippen LogP contribution in [0, 0.1) is 0 Å². The van der Waals surface area contributed by atoms with Gasteiger partial charge in [0, 0.05) is 18.6 Å². The number of benzene rings is 2. The largest absolute Gasteiger partial charge is 0.497 e. The quantitative estimate of drug-likeness (QED) is 0.228. The number of hydrogen-bond acceptors (Lipinski definition) is 4. The molecule has 6 nitrogen and oxygen atoms in total. The first kappa shape index (κ1) is 21.7. The standard InChI is InChI=1S/C21H24N4O2.HI/c1-22-21(24-13-14-27-18-9-7-17(26-2)8-10-18)25-15-20-19-6-4-3-5-16(19)11-12-23-20;/h3-12H,13-15H2,1-2H3,(H2,22,24,25);1H. The van der Waals surface area contributed by atoms with E-state index >= 15 is 0 Å². The lowest BCUT2D eigenvalue weighted by Crippen LogP contribution is -2.39. The van der Waals surface area contributed by atoms with Crippen LogP contribution in [-0.4, -0.2) is 38.3 Å². The molecular formula is C21H25IN4O2. The first-order chi connectivity index (χ1) is 13.3. The van der Waals surface area contributed by atoms with Crippen LogP contribution in [0.2, 0.25) is 0 Å². The van der Waals surface area contributed by atoms with Gasteiger partial charge in [0.15, 0.2) is 5.96 Å². The normalized spacial score (nSPS) is 10.9. The number of rotatable bonds is 7. The van der Waals surface area contributed by atoms with E-state index in [9.17, 15) is 0 Å². The number of guanidine groups is 1. The Balaban J connectivity index is 0.00000280. The summed E-state index contributed by atoms with van der Waals surface area (Å²) in [7, 11) is 3.39. The number of methoxy groups -OCH3 is 1. The molecule has 148 valence electrons. The fraction of sp³-hybridized carbons (Fsp3) is 0.238. The summed E-state index contributed by atoms with van der Waals surface area (Å²) in [5.74, 6) is 2.33. The third kappa shape index (κ3) is 5.98. The molecule has 0 aliphatic rings. The first-order valence-electron chi connectivity index (χ1n) is 8.84. The summed E-state index contributed by atoms with van der Waals surface area (Å²) in [6.07, 6.45) is 1.83. The molecule has 0 bridgehead atoms. The Morgan fingerprint density at radius 3 is 2.50 bits per heavy atom. The summed E-state index contributed by atoms with van der Waals surface area (Å²) >= 11 is 0. The lowest BCUT2D eigenvalue weighted by atomic mass is 10.1. The fourth-order valence-electron chi connectivity index (χ4n) is 2.72. The van der Waals surface area contributed by atoms with Crippen molar-refractivity contribution in [1.29, 1.82) is 0 Å². The van der Waals surface area contributed by atoms with Gasteiger partial charge >= 0.3 is 0 Å². The number of pyridine rings is 1. The molecule has 2 aromatic carbocycles. The van der Waals surface area contributed by atoms with Crippen LogP contribution in [0.5, 0.6) is 11.5 Å². The van der Waals surface area contributed by atoms with Crippen molar-refractivity contribution < 1.29 is 9.47 Å². The minimum absolute atomic E-state index is 0. The number of nitrogens with zero attached hydrogens (tertiary/aromatic N) is 2. The Labute approximate surface area is 182 Å². The van der Waals surface area contributed by atoms with Gasteiger partial charge < -0.3 is 20.1 Å². The summed E-state index contributed by atoms with van der Waals surface area (Å²) in [5, 5.41) is 8.86. The Hall–Kier alpha value is -2.55. The predicted molar refractivity (Wildman–Crippen MR) is 124 cm³/mol. The van der Waals surface area contributed by atoms with Crippen LogP contribution >= 0.6 is 24.0 Å². The van der Waals surface area contributed by atoms with Crippen molar-refractivity contribution in [3.8, 4) is 11.5 Å². The highest BCUT2D eigenvalue weighted by Crippen LogP contribution is 2.17. The number of ether oxygens (including phenoxy) is 2. The van der Waals surface area contributed by atoms with Gasteiger partial charge in [0.1, 0.15) is 18.1 Å². The molecule has 1 aromatic heterocycles. The molecule has 1 heterocycles. The molecule has 0 atom stereocenters. The van der Waals surface area contributed by atoms with Crippen molar-refractivity contribution in [1.82, 2.24) is 15.6 Å². The minimum Gasteiger partial charge on any atom is -0.497 e. The molecule has 0 unspecified atom stereocenters. The van der Waals surface area contributed by atoms with E-state index in [-0.39, 0.29) is 24.0 Å². The van der Waals surface area contributed by atoms with Crippen molar-refractivity contribution >= 4 is 40.7 Å². The first-order valence-corrected chi connectivity index (χ1v) is 8.84. The van der Waals surface area contributed by atoms with Crippen LogP contribution < -0.4 is 20.1 Å². The van der Waals surface area contributed by atoms with Crippen molar-refractivity contribution in [3.05, 3.63) is 66.5 Å². The van der Waals surface area contributed by atoms with Gasteiger partial charge in [-0.3, -0.25) is 9.98 Å². The molecular weight excluding hydrogens is 467 g/mol. The van der Waals surface area contributed by atoms with Gasteiger partial charge in [-0.25, -0.2) is 0 Å². The summed E-state index contributed by atoms with van der Waals surface area (Å²) in [4.78, 5) is 8.73. The predicted octanol–water partition coefficient (Wildman–Crippen LogP) is 3.61. The van der Waals surface area contributed by atoms with Gasteiger partial charge in [0.25, 0.3) is 0 Å². The Bertz CT molecular complexity index is 895. The number of hydrogen-bond donors (Lipinski definition) is 2. The zero-order valence-electron chi connectivity index (χ0n) is 16.0. The van der Waals surface area contributed by atoms with Gasteiger partial charge in [-0.1, -0.05) is 24.3 Å². The van der Waals surface area contributed by atoms with Crippen molar-refractivity contribution in [3.63, 3.8) is 0 Å². The summed E-state index contributed by atoms with van der Waals surface area (Å²) in [6.45, 7) is 1.76. The van der Waals surface area contributed by atoms with E-state index in [0.717, 1.165) is 22.6 Å². The highest BCUT2D eigenvalue weighted by Gasteiger charge is 2.04. The molecule has 0 fully saturated rings. The fourth-order valence-corrected chi connectivity index (χ4v) is 2.72. The SMILES string of the molecule is CN=C(NCCOc1ccc(OC)cc1)NCc1nccc2ccccc12.I. The average Bonchev–Trinajstić information content (AvgIpc) is 2.73. The number of aliphatic imine (C=N–C) groups is 1. The molecule has 0 saturated carbocycles. The van der Waals surface area contributed by atoms with Crippen LogP contribution in [-0.2, 0) is 6.54 Å². The molecule has 3 rings (SSSR count). The summed E-state index contributed by atoms with van der Waals surface area (Å²) in [5.41, 5.74) is 0.991. The highest BCUT2D eigenvalue weighted by atomic mass is 127. The maximum Gasteiger partial charge on any atom is 0.191 e. The number of nitrogens with one attached hydrogen (secondary N) is 2. The maximum atomic E-state index is 5.71. The summed E-state index contributed by atoms with van der Waals surface area (Å²) in [6, 6.07) is 17.8. The lowest BCUT2D eigenvalue weighted by molar-refractivity contribution is 0.321. The molecule has 3 aromatic rings. The molecule has 28 heavy (non-hydrogen) atoms. The van der Waals surface area contributed by atoms with E-state index in [1.165, 1.54) is 5.39 Å². The van der Waals surface area contributed by atoms with Gasteiger partial charge in [0.2, 0.25) is 0 Å². The summed E-state index contributed by atoms with van der Waals surface area (Å²) < 4.78 is 10.8. The van der Waals surface area contributed by atoms with Crippen molar-refractivity contribution in [2.75, 3.05) is 27.3 Å². The molecule has 2 N–H and O–H groups in total. The average molecular weight is 492 g/mol. The van der Waals surface area contributed by atoms with E-state index in [1.807, 2.05) is 48.7 Å². The number of halogens is 1. The molecule has 0 aliphatic carbocycles. The van der Waals surface area contributed by atoms with Crippen LogP contribution in [0.15, 0.2) is 65.8 Å². The van der Waals surface area contributed by atoms with Crippen molar-refractivity contribution in [2.24, 2.45) is 4.99 Å². The molecule has 0 aliphatic heterocycles. The zero-order chi connectivity index (χ0) is 18.9. The number of aromatic nitrogens is 1. The topological polar surface area (TPSA) is 67.8 Å². The maximum absolute atomic E-state index is 5.71. The highest BCUT2D eigenvalue weighted by molar-refractivity contribution is 14.0. The zero-order valence-corrected chi connectivity index (χ0v) is 18.3. The number of fused-ring (bicyclic) bond motifs is 1. The molecule has 0 saturated heterocycles. The van der Waals surface area contributed by atoms with E-state index < -0.39 is 0 Å². The van der Waals surface area contributed by atoms with Crippen LogP contribution in [0.1, 0.15) is 5.69 Å². The second kappa shape index (κ2) is 11.3. The Morgan fingerprint density at radius 1 is 1.00 bits per heavy atom. The third-order valence-electron chi connectivity index (χ3n) is 4.13. The van der Waals surface area contributed by atoms with Crippen molar-refractivity contribution in [2.45, 2.75) is 6.54 Å². The minimum atomic E-state index is 0.